The minimum absolute atomic E-state index is 0.191. The molecule has 0 saturated carbocycles. The summed E-state index contributed by atoms with van der Waals surface area (Å²) >= 11 is 0. The van der Waals surface area contributed by atoms with Crippen molar-refractivity contribution in [1.29, 1.82) is 0 Å². The van der Waals surface area contributed by atoms with E-state index in [-0.39, 0.29) is 11.7 Å². The van der Waals surface area contributed by atoms with Crippen LogP contribution in [-0.4, -0.2) is 64.0 Å². The van der Waals surface area contributed by atoms with E-state index in [0.29, 0.717) is 25.2 Å². The number of rotatable bonds is 8. The summed E-state index contributed by atoms with van der Waals surface area (Å²) in [7, 11) is -4.43. The number of nitrogens with one attached hydrogen (secondary N) is 2. The lowest BCUT2D eigenvalue weighted by Gasteiger charge is -2.28. The number of carbonyl (C=O) groups is 2. The molecule has 1 unspecified atom stereocenters. The summed E-state index contributed by atoms with van der Waals surface area (Å²) in [6.45, 7) is 10.3. The van der Waals surface area contributed by atoms with Gasteiger partial charge in [0.15, 0.2) is 5.03 Å². The molecule has 3 heterocycles. The molecule has 0 spiro atoms. The maximum Gasteiger partial charge on any atom is 0.407 e. The number of likely N-dealkylation sites (tertiary alicyclic amines) is 1. The topological polar surface area (TPSA) is 154 Å². The fourth-order valence-corrected chi connectivity index (χ4v) is 5.21. The average Bonchev–Trinajstić information content (AvgIpc) is 3.10. The van der Waals surface area contributed by atoms with Gasteiger partial charge in [-0.2, -0.15) is 12.8 Å². The number of halogens is 1. The van der Waals surface area contributed by atoms with E-state index in [2.05, 4.69) is 20.3 Å². The van der Waals surface area contributed by atoms with Gasteiger partial charge in [0.1, 0.15) is 5.82 Å². The number of pyridine rings is 1. The van der Waals surface area contributed by atoms with E-state index in [1.54, 1.807) is 0 Å². The Kier molecular flexibility index (Phi) is 8.06. The number of amides is 2. The van der Waals surface area contributed by atoms with Crippen molar-refractivity contribution in [2.75, 3.05) is 18.4 Å². The second kappa shape index (κ2) is 10.6. The van der Waals surface area contributed by atoms with Crippen molar-refractivity contribution in [3.05, 3.63) is 41.7 Å². The van der Waals surface area contributed by atoms with Gasteiger partial charge in [0.05, 0.1) is 18.0 Å². The average molecular weight is 537 g/mol. The molecule has 0 radical (unpaired) electrons. The molecule has 0 aromatic carbocycles. The molecule has 0 bridgehead atoms. The summed E-state index contributed by atoms with van der Waals surface area (Å²) in [5.74, 6) is -1.82. The van der Waals surface area contributed by atoms with Crippen molar-refractivity contribution in [1.82, 2.24) is 24.6 Å². The Morgan fingerprint density at radius 3 is 2.51 bits per heavy atom. The molecular weight excluding hydrogens is 503 g/mol. The number of carbonyl (C=O) groups excluding carboxylic acids is 1. The number of hydrogen-bond acceptors (Lipinski definition) is 8. The van der Waals surface area contributed by atoms with E-state index in [4.69, 9.17) is 0 Å². The van der Waals surface area contributed by atoms with E-state index in [0.717, 1.165) is 19.0 Å². The quantitative estimate of drug-likeness (QED) is 0.340. The van der Waals surface area contributed by atoms with Gasteiger partial charge < -0.3 is 15.3 Å². The molecule has 1 fully saturated rings. The maximum atomic E-state index is 14.4. The minimum Gasteiger partial charge on any atom is -0.465 e. The van der Waals surface area contributed by atoms with Crippen LogP contribution in [0.15, 0.2) is 29.6 Å². The van der Waals surface area contributed by atoms with E-state index in [9.17, 15) is 27.5 Å². The van der Waals surface area contributed by atoms with Crippen molar-refractivity contribution in [3.8, 4) is 0 Å². The molecule has 0 aliphatic carbocycles. The van der Waals surface area contributed by atoms with Crippen LogP contribution in [0.3, 0.4) is 0 Å². The third-order valence-corrected chi connectivity index (χ3v) is 7.46. The summed E-state index contributed by atoms with van der Waals surface area (Å²) in [5.41, 5.74) is -0.937. The van der Waals surface area contributed by atoms with Crippen LogP contribution in [0.25, 0.3) is 0 Å². The molecule has 1 aliphatic rings. The maximum absolute atomic E-state index is 14.4. The minimum atomic E-state index is -4.43. The summed E-state index contributed by atoms with van der Waals surface area (Å²) in [6, 6.07) is 2.67. The zero-order chi connectivity index (χ0) is 27.6. The molecular formula is C24H33FN6O5S. The molecule has 1 aliphatic heterocycles. The van der Waals surface area contributed by atoms with Crippen LogP contribution in [0, 0.1) is 11.9 Å². The van der Waals surface area contributed by atoms with E-state index < -0.39 is 49.5 Å². The molecule has 1 saturated heterocycles. The second-order valence-electron chi connectivity index (χ2n) is 10.8. The van der Waals surface area contributed by atoms with Gasteiger partial charge in [-0.05, 0) is 51.2 Å². The largest absolute Gasteiger partial charge is 0.465 e. The molecule has 202 valence electrons. The van der Waals surface area contributed by atoms with Gasteiger partial charge in [-0.25, -0.2) is 19.5 Å². The second-order valence-corrected chi connectivity index (χ2v) is 12.4. The summed E-state index contributed by atoms with van der Waals surface area (Å²) in [4.78, 5) is 37.0. The monoisotopic (exact) mass is 536 g/mol. The third-order valence-electron chi connectivity index (χ3n) is 6.26. The van der Waals surface area contributed by atoms with E-state index >= 15 is 0 Å². The van der Waals surface area contributed by atoms with Gasteiger partial charge in [-0.1, -0.05) is 20.8 Å². The molecule has 2 amide bonds. The number of sulfonamides is 1. The molecule has 2 aromatic rings. The van der Waals surface area contributed by atoms with Crippen LogP contribution < -0.4 is 10.0 Å². The van der Waals surface area contributed by atoms with Gasteiger partial charge in [-0.3, -0.25) is 9.78 Å². The lowest BCUT2D eigenvalue weighted by molar-refractivity contribution is 0.0975. The van der Waals surface area contributed by atoms with Crippen molar-refractivity contribution >= 4 is 27.8 Å². The highest BCUT2D eigenvalue weighted by Crippen LogP contribution is 2.34. The smallest absolute Gasteiger partial charge is 0.407 e. The Morgan fingerprint density at radius 2 is 1.92 bits per heavy atom. The Hall–Kier alpha value is -3.35. The molecule has 1 atom stereocenters. The first kappa shape index (κ1) is 28.2. The highest BCUT2D eigenvalue weighted by molar-refractivity contribution is 7.90. The molecule has 37 heavy (non-hydrogen) atoms. The Labute approximate surface area is 216 Å². The Bertz CT molecular complexity index is 1280. The van der Waals surface area contributed by atoms with Crippen LogP contribution in [0.5, 0.6) is 0 Å². The summed E-state index contributed by atoms with van der Waals surface area (Å²) in [6.07, 6.45) is 3.67. The van der Waals surface area contributed by atoms with Gasteiger partial charge in [0.25, 0.3) is 15.9 Å². The number of aromatic nitrogens is 3. The zero-order valence-corrected chi connectivity index (χ0v) is 22.4. The predicted octanol–water partition coefficient (Wildman–Crippen LogP) is 3.40. The lowest BCUT2D eigenvalue weighted by Crippen LogP contribution is -2.41. The number of carboxylic acid groups (broad SMARTS) is 1. The van der Waals surface area contributed by atoms with Crippen LogP contribution >= 0.6 is 0 Å². The normalized spacial score (nSPS) is 17.5. The van der Waals surface area contributed by atoms with Crippen molar-refractivity contribution in [2.24, 2.45) is 5.92 Å². The fraction of sp³-hybridized carbons (Fsp3) is 0.542. The van der Waals surface area contributed by atoms with Gasteiger partial charge in [0.2, 0.25) is 5.95 Å². The highest BCUT2D eigenvalue weighted by atomic mass is 32.2. The van der Waals surface area contributed by atoms with Crippen LogP contribution in [-0.2, 0) is 15.4 Å². The highest BCUT2D eigenvalue weighted by Gasteiger charge is 2.40. The Balaban J connectivity index is 1.58. The first-order chi connectivity index (χ1) is 17.1. The van der Waals surface area contributed by atoms with Crippen LogP contribution in [0.1, 0.15) is 69.9 Å². The number of anilines is 1. The molecule has 3 rings (SSSR count). The van der Waals surface area contributed by atoms with Crippen LogP contribution in [0.2, 0.25) is 0 Å². The number of nitrogens with zero attached hydrogens (tertiary/aromatic N) is 4. The molecule has 11 nitrogen and oxygen atoms in total. The van der Waals surface area contributed by atoms with Crippen molar-refractivity contribution in [3.63, 3.8) is 0 Å². The number of hydrogen-bond donors (Lipinski definition) is 3. The summed E-state index contributed by atoms with van der Waals surface area (Å²) in [5, 5.41) is 11.9. The van der Waals surface area contributed by atoms with E-state index in [1.807, 2.05) is 39.3 Å². The predicted molar refractivity (Wildman–Crippen MR) is 134 cm³/mol. The molecule has 3 N–H and O–H groups in total. The van der Waals surface area contributed by atoms with Gasteiger partial charge in [0, 0.05) is 29.7 Å². The first-order valence-corrected chi connectivity index (χ1v) is 13.4. The third kappa shape index (κ3) is 6.90. The Morgan fingerprint density at radius 1 is 1.22 bits per heavy atom. The molecule has 13 heteroatoms. The lowest BCUT2D eigenvalue weighted by atomic mass is 9.91. The fourth-order valence-electron chi connectivity index (χ4n) is 4.34. The SMILES string of the molecule is CC(C)(C)c1ccc(C(=O)NS(=O)(=O)c2cncc(NCCCC3CN(C(=O)O)C(C)(C)C3)n2)c(F)n1. The zero-order valence-electron chi connectivity index (χ0n) is 21.6. The first-order valence-electron chi connectivity index (χ1n) is 11.9. The van der Waals surface area contributed by atoms with Gasteiger partial charge in [-0.15, -0.1) is 0 Å². The van der Waals surface area contributed by atoms with E-state index in [1.165, 1.54) is 23.2 Å². The summed E-state index contributed by atoms with van der Waals surface area (Å²) < 4.78 is 41.6. The van der Waals surface area contributed by atoms with Gasteiger partial charge >= 0.3 is 6.09 Å². The van der Waals surface area contributed by atoms with Crippen molar-refractivity contribution < 1.29 is 27.5 Å². The van der Waals surface area contributed by atoms with Crippen LogP contribution in [0.4, 0.5) is 15.0 Å². The standard InChI is InChI=1S/C24H33FN6O5S/c1-23(2,3)17-9-8-16(20(25)28-17)21(32)30-37(35,36)19-13-26-12-18(29-19)27-10-6-7-15-11-24(4,5)31(14-15)22(33)34/h8-9,12-13,15H,6-7,10-11,14H2,1-5H3,(H,27,29)(H,30,32)(H,33,34). The van der Waals surface area contributed by atoms with Crippen molar-refractivity contribution in [2.45, 2.75) is 69.9 Å². The molecule has 2 aromatic heterocycles.